The van der Waals surface area contributed by atoms with Gasteiger partial charge in [0.2, 0.25) is 0 Å². The normalized spacial score (nSPS) is 9.94. The van der Waals surface area contributed by atoms with Crippen molar-refractivity contribution < 1.29 is 4.92 Å². The molecule has 2 N–H and O–H groups in total. The molecule has 0 radical (unpaired) electrons. The first-order valence-corrected chi connectivity index (χ1v) is 4.23. The highest BCUT2D eigenvalue weighted by Gasteiger charge is 2.10. The summed E-state index contributed by atoms with van der Waals surface area (Å²) in [6.07, 6.45) is 0. The molecule has 0 unspecified atom stereocenters. The van der Waals surface area contributed by atoms with Crippen molar-refractivity contribution in [3.63, 3.8) is 0 Å². The Morgan fingerprint density at radius 3 is 2.75 bits per heavy atom. The van der Waals surface area contributed by atoms with E-state index in [1.54, 1.807) is 6.07 Å². The van der Waals surface area contributed by atoms with Crippen molar-refractivity contribution in [3.8, 4) is 6.07 Å². The largest absolute Gasteiger partial charge is 0.381 e. The van der Waals surface area contributed by atoms with Gasteiger partial charge in [0.15, 0.2) is 11.5 Å². The van der Waals surface area contributed by atoms with Crippen molar-refractivity contribution in [1.82, 2.24) is 9.97 Å². The van der Waals surface area contributed by atoms with Crippen LogP contribution in [-0.4, -0.2) is 14.9 Å². The van der Waals surface area contributed by atoms with E-state index in [2.05, 4.69) is 9.97 Å². The molecule has 2 aromatic rings. The summed E-state index contributed by atoms with van der Waals surface area (Å²) in [5.74, 6) is 0.0175. The van der Waals surface area contributed by atoms with Crippen LogP contribution in [0.15, 0.2) is 18.2 Å². The molecule has 1 aromatic carbocycles. The molecule has 1 heterocycles. The number of rotatable bonds is 1. The van der Waals surface area contributed by atoms with Crippen LogP contribution in [0, 0.1) is 21.4 Å². The van der Waals surface area contributed by atoms with Crippen molar-refractivity contribution >= 4 is 22.5 Å². The average Bonchev–Trinajstić information content (AvgIpc) is 2.27. The lowest BCUT2D eigenvalue weighted by molar-refractivity contribution is -0.384. The third-order valence-electron chi connectivity index (χ3n) is 1.99. The molecule has 0 bridgehead atoms. The van der Waals surface area contributed by atoms with Gasteiger partial charge in [-0.2, -0.15) is 5.26 Å². The van der Waals surface area contributed by atoms with Crippen LogP contribution in [0.25, 0.3) is 11.0 Å². The minimum absolute atomic E-state index is 0.0175. The molecule has 7 heteroatoms. The monoisotopic (exact) mass is 215 g/mol. The minimum atomic E-state index is -0.538. The van der Waals surface area contributed by atoms with Gasteiger partial charge in [-0.15, -0.1) is 0 Å². The zero-order chi connectivity index (χ0) is 11.7. The second-order valence-electron chi connectivity index (χ2n) is 3.00. The number of hydrogen-bond acceptors (Lipinski definition) is 6. The number of benzene rings is 1. The zero-order valence-corrected chi connectivity index (χ0v) is 7.91. The van der Waals surface area contributed by atoms with Crippen LogP contribution < -0.4 is 5.73 Å². The Hall–Kier alpha value is -2.75. The van der Waals surface area contributed by atoms with Crippen LogP contribution in [0.3, 0.4) is 0 Å². The van der Waals surface area contributed by atoms with Gasteiger partial charge in [-0.25, -0.2) is 9.97 Å². The molecule has 0 spiro atoms. The number of nitrogens with zero attached hydrogens (tertiary/aromatic N) is 4. The molecular formula is C9H5N5O2. The topological polar surface area (TPSA) is 119 Å². The summed E-state index contributed by atoms with van der Waals surface area (Å²) in [6, 6.07) is 5.77. The van der Waals surface area contributed by atoms with Crippen LogP contribution in [0.4, 0.5) is 11.5 Å². The molecule has 0 saturated carbocycles. The van der Waals surface area contributed by atoms with Gasteiger partial charge in [-0.1, -0.05) is 0 Å². The number of non-ortho nitro benzene ring substituents is 1. The number of nitro groups is 1. The highest BCUT2D eigenvalue weighted by Crippen LogP contribution is 2.19. The van der Waals surface area contributed by atoms with E-state index in [4.69, 9.17) is 11.0 Å². The summed E-state index contributed by atoms with van der Waals surface area (Å²) >= 11 is 0. The molecule has 0 fully saturated rings. The Kier molecular flexibility index (Phi) is 2.10. The average molecular weight is 215 g/mol. The van der Waals surface area contributed by atoms with Crippen molar-refractivity contribution in [2.24, 2.45) is 0 Å². The highest BCUT2D eigenvalue weighted by molar-refractivity contribution is 5.79. The summed E-state index contributed by atoms with van der Waals surface area (Å²) in [5.41, 5.74) is 6.03. The number of nitrogens with two attached hydrogens (primary N) is 1. The first-order chi connectivity index (χ1) is 7.61. The van der Waals surface area contributed by atoms with E-state index < -0.39 is 4.92 Å². The maximum absolute atomic E-state index is 10.5. The summed E-state index contributed by atoms with van der Waals surface area (Å²) in [6.45, 7) is 0. The third kappa shape index (κ3) is 1.48. The van der Waals surface area contributed by atoms with Gasteiger partial charge in [0.05, 0.1) is 16.0 Å². The summed E-state index contributed by atoms with van der Waals surface area (Å²) < 4.78 is 0. The van der Waals surface area contributed by atoms with Gasteiger partial charge in [0, 0.05) is 12.1 Å². The lowest BCUT2D eigenvalue weighted by Gasteiger charge is -1.99. The van der Waals surface area contributed by atoms with Crippen molar-refractivity contribution in [2.75, 3.05) is 5.73 Å². The summed E-state index contributed by atoms with van der Waals surface area (Å²) in [4.78, 5) is 17.8. The Balaban J connectivity index is 2.74. The molecule has 0 atom stereocenters. The van der Waals surface area contributed by atoms with E-state index in [1.807, 2.05) is 0 Å². The van der Waals surface area contributed by atoms with Gasteiger partial charge in [0.25, 0.3) is 5.69 Å². The van der Waals surface area contributed by atoms with Gasteiger partial charge >= 0.3 is 0 Å². The molecule has 0 aliphatic carbocycles. The second kappa shape index (κ2) is 3.43. The molecule has 0 amide bonds. The standard InChI is InChI=1S/C9H5N5O2/c10-4-8-9(11)13-6-2-1-5(14(15)16)3-7(6)12-8/h1-3H,(H2,11,13). The first-order valence-electron chi connectivity index (χ1n) is 4.23. The van der Waals surface area contributed by atoms with E-state index in [9.17, 15) is 10.1 Å². The van der Waals surface area contributed by atoms with E-state index in [1.165, 1.54) is 18.2 Å². The lowest BCUT2D eigenvalue weighted by atomic mass is 10.2. The molecule has 0 aliphatic heterocycles. The Morgan fingerprint density at radius 2 is 2.12 bits per heavy atom. The molecule has 1 aromatic heterocycles. The third-order valence-corrected chi connectivity index (χ3v) is 1.99. The Labute approximate surface area is 89.3 Å². The highest BCUT2D eigenvalue weighted by atomic mass is 16.6. The van der Waals surface area contributed by atoms with E-state index in [0.717, 1.165) is 0 Å². The summed E-state index contributed by atoms with van der Waals surface area (Å²) in [7, 11) is 0. The fourth-order valence-electron chi connectivity index (χ4n) is 1.25. The van der Waals surface area contributed by atoms with Gasteiger partial charge in [-0.05, 0) is 6.07 Å². The number of nitriles is 1. The molecule has 0 saturated heterocycles. The Bertz CT molecular complexity index is 632. The maximum atomic E-state index is 10.5. The van der Waals surface area contributed by atoms with Gasteiger partial charge in [-0.3, -0.25) is 10.1 Å². The van der Waals surface area contributed by atoms with Crippen molar-refractivity contribution in [1.29, 1.82) is 5.26 Å². The smallest absolute Gasteiger partial charge is 0.271 e. The minimum Gasteiger partial charge on any atom is -0.381 e. The molecule has 0 aliphatic rings. The van der Waals surface area contributed by atoms with E-state index >= 15 is 0 Å². The van der Waals surface area contributed by atoms with Crippen molar-refractivity contribution in [3.05, 3.63) is 34.0 Å². The predicted octanol–water partition coefficient (Wildman–Crippen LogP) is 0.992. The number of fused-ring (bicyclic) bond motifs is 1. The van der Waals surface area contributed by atoms with Crippen LogP contribution in [-0.2, 0) is 0 Å². The van der Waals surface area contributed by atoms with Gasteiger partial charge in [0.1, 0.15) is 6.07 Å². The van der Waals surface area contributed by atoms with Crippen LogP contribution >= 0.6 is 0 Å². The first kappa shape index (κ1) is 9.79. The molecular weight excluding hydrogens is 210 g/mol. The quantitative estimate of drug-likeness (QED) is 0.559. The van der Waals surface area contributed by atoms with Crippen LogP contribution in [0.2, 0.25) is 0 Å². The maximum Gasteiger partial charge on any atom is 0.271 e. The number of aromatic nitrogens is 2. The fraction of sp³-hybridized carbons (Fsp3) is 0. The summed E-state index contributed by atoms with van der Waals surface area (Å²) in [5, 5.41) is 19.2. The second-order valence-corrected chi connectivity index (χ2v) is 3.00. The zero-order valence-electron chi connectivity index (χ0n) is 7.91. The van der Waals surface area contributed by atoms with E-state index in [-0.39, 0.29) is 22.7 Å². The number of nitrogen functional groups attached to an aromatic ring is 1. The number of nitro benzene ring substituents is 1. The SMILES string of the molecule is N#Cc1nc2cc([N+](=O)[O-])ccc2nc1N. The number of anilines is 1. The Morgan fingerprint density at radius 1 is 1.38 bits per heavy atom. The molecule has 78 valence electrons. The number of hydrogen-bond donors (Lipinski definition) is 1. The van der Waals surface area contributed by atoms with Gasteiger partial charge < -0.3 is 5.73 Å². The molecule has 2 rings (SSSR count). The lowest BCUT2D eigenvalue weighted by Crippen LogP contribution is -1.99. The van der Waals surface area contributed by atoms with Crippen LogP contribution in [0.1, 0.15) is 5.69 Å². The molecule has 7 nitrogen and oxygen atoms in total. The van der Waals surface area contributed by atoms with E-state index in [0.29, 0.717) is 5.52 Å². The predicted molar refractivity (Wildman–Crippen MR) is 55.3 cm³/mol. The fourth-order valence-corrected chi connectivity index (χ4v) is 1.25. The van der Waals surface area contributed by atoms with Crippen molar-refractivity contribution in [2.45, 2.75) is 0 Å². The molecule has 16 heavy (non-hydrogen) atoms. The van der Waals surface area contributed by atoms with Crippen LogP contribution in [0.5, 0.6) is 0 Å².